The van der Waals surface area contributed by atoms with Gasteiger partial charge in [0.1, 0.15) is 5.75 Å². The minimum atomic E-state index is 0.430. The van der Waals surface area contributed by atoms with Crippen molar-refractivity contribution >= 4 is 10.8 Å². The molecule has 0 radical (unpaired) electrons. The van der Waals surface area contributed by atoms with E-state index in [2.05, 4.69) is 41.7 Å². The van der Waals surface area contributed by atoms with E-state index >= 15 is 0 Å². The second-order valence-electron chi connectivity index (χ2n) is 4.91. The first-order valence-corrected chi connectivity index (χ1v) is 6.69. The zero-order chi connectivity index (χ0) is 12.4. The van der Waals surface area contributed by atoms with Gasteiger partial charge >= 0.3 is 0 Å². The highest BCUT2D eigenvalue weighted by Gasteiger charge is 2.20. The lowest BCUT2D eigenvalue weighted by atomic mass is 9.92. The van der Waals surface area contributed by atoms with Crippen LogP contribution in [0.4, 0.5) is 0 Å². The first-order valence-electron chi connectivity index (χ1n) is 6.69. The summed E-state index contributed by atoms with van der Waals surface area (Å²) in [5.41, 5.74) is 1.33. The lowest BCUT2D eigenvalue weighted by Crippen LogP contribution is -2.27. The van der Waals surface area contributed by atoms with Gasteiger partial charge in [0.25, 0.3) is 0 Å². The summed E-state index contributed by atoms with van der Waals surface area (Å²) in [5.74, 6) is 1.01. The first kappa shape index (κ1) is 11.5. The maximum absolute atomic E-state index is 5.57. The highest BCUT2D eigenvalue weighted by atomic mass is 16.5. The quantitative estimate of drug-likeness (QED) is 0.866. The summed E-state index contributed by atoms with van der Waals surface area (Å²) in [4.78, 5) is 0. The summed E-state index contributed by atoms with van der Waals surface area (Å²) in [5, 5.41) is 6.23. The third-order valence-corrected chi connectivity index (χ3v) is 3.81. The van der Waals surface area contributed by atoms with E-state index in [0.29, 0.717) is 6.04 Å². The molecule has 3 rings (SSSR count). The topological polar surface area (TPSA) is 21.3 Å². The molecule has 0 spiro atoms. The van der Waals surface area contributed by atoms with Crippen molar-refractivity contribution in [2.75, 3.05) is 13.7 Å². The summed E-state index contributed by atoms with van der Waals surface area (Å²) in [6, 6.07) is 13.2. The maximum Gasteiger partial charge on any atom is 0.124 e. The summed E-state index contributed by atoms with van der Waals surface area (Å²) in [7, 11) is 1.76. The van der Waals surface area contributed by atoms with Gasteiger partial charge in [-0.15, -0.1) is 0 Å². The number of piperidine rings is 1. The van der Waals surface area contributed by atoms with Gasteiger partial charge in [0.2, 0.25) is 0 Å². The smallest absolute Gasteiger partial charge is 0.124 e. The van der Waals surface area contributed by atoms with E-state index in [9.17, 15) is 0 Å². The van der Waals surface area contributed by atoms with Crippen LogP contribution in [0.25, 0.3) is 10.8 Å². The molecule has 0 saturated carbocycles. The highest BCUT2D eigenvalue weighted by molar-refractivity contribution is 5.88. The van der Waals surface area contributed by atoms with Crippen LogP contribution in [0.15, 0.2) is 36.4 Å². The van der Waals surface area contributed by atoms with Crippen LogP contribution in [0.1, 0.15) is 30.9 Å². The largest absolute Gasteiger partial charge is 0.496 e. The van der Waals surface area contributed by atoms with E-state index in [-0.39, 0.29) is 0 Å². The highest BCUT2D eigenvalue weighted by Crippen LogP contribution is 2.36. The number of fused-ring (bicyclic) bond motifs is 1. The standard InChI is InChI=1S/C16H19NO/c1-18-15-10-9-12-6-2-3-7-13(12)16(15)14-8-4-5-11-17-14/h2-3,6-7,9-10,14,17H,4-5,8,11H2,1H3/t14-/m0/s1. The molecular weight excluding hydrogens is 222 g/mol. The Kier molecular flexibility index (Phi) is 3.20. The molecule has 18 heavy (non-hydrogen) atoms. The van der Waals surface area contributed by atoms with E-state index in [0.717, 1.165) is 12.3 Å². The first-order chi connectivity index (χ1) is 8.90. The summed E-state index contributed by atoms with van der Waals surface area (Å²) < 4.78 is 5.57. The number of hydrogen-bond acceptors (Lipinski definition) is 2. The molecule has 0 unspecified atom stereocenters. The molecule has 2 heteroatoms. The Morgan fingerprint density at radius 3 is 2.78 bits per heavy atom. The molecule has 1 aliphatic rings. The monoisotopic (exact) mass is 241 g/mol. The molecular formula is C16H19NO. The Labute approximate surface area is 108 Å². The lowest BCUT2D eigenvalue weighted by Gasteiger charge is -2.26. The number of ether oxygens (including phenoxy) is 1. The van der Waals surface area contributed by atoms with Gasteiger partial charge in [0.15, 0.2) is 0 Å². The molecule has 1 aliphatic heterocycles. The second-order valence-corrected chi connectivity index (χ2v) is 4.91. The average molecular weight is 241 g/mol. The van der Waals surface area contributed by atoms with Crippen LogP contribution in [0.2, 0.25) is 0 Å². The molecule has 0 bridgehead atoms. The molecule has 0 aliphatic carbocycles. The fourth-order valence-electron chi connectivity index (χ4n) is 2.91. The van der Waals surface area contributed by atoms with E-state index in [1.54, 1.807) is 7.11 Å². The Morgan fingerprint density at radius 1 is 1.11 bits per heavy atom. The van der Waals surface area contributed by atoms with Crippen molar-refractivity contribution in [1.82, 2.24) is 5.32 Å². The Bertz CT molecular complexity index is 544. The number of benzene rings is 2. The molecule has 2 nitrogen and oxygen atoms in total. The normalized spacial score (nSPS) is 19.9. The number of methoxy groups -OCH3 is 1. The van der Waals surface area contributed by atoms with Crippen molar-refractivity contribution in [2.45, 2.75) is 25.3 Å². The molecule has 94 valence electrons. The summed E-state index contributed by atoms with van der Waals surface area (Å²) in [6.45, 7) is 1.11. The van der Waals surface area contributed by atoms with Gasteiger partial charge in [-0.2, -0.15) is 0 Å². The molecule has 2 aromatic carbocycles. The van der Waals surface area contributed by atoms with Gasteiger partial charge in [-0.1, -0.05) is 36.8 Å². The predicted molar refractivity (Wildman–Crippen MR) is 75.1 cm³/mol. The van der Waals surface area contributed by atoms with E-state index in [1.807, 2.05) is 0 Å². The summed E-state index contributed by atoms with van der Waals surface area (Å²) in [6.07, 6.45) is 3.78. The minimum Gasteiger partial charge on any atom is -0.496 e. The van der Waals surface area contributed by atoms with E-state index in [1.165, 1.54) is 35.6 Å². The Hall–Kier alpha value is -1.54. The number of rotatable bonds is 2. The van der Waals surface area contributed by atoms with E-state index < -0.39 is 0 Å². The predicted octanol–water partition coefficient (Wildman–Crippen LogP) is 3.66. The van der Waals surface area contributed by atoms with E-state index in [4.69, 9.17) is 4.74 Å². The molecule has 1 heterocycles. The van der Waals surface area contributed by atoms with Crippen molar-refractivity contribution in [3.05, 3.63) is 42.0 Å². The SMILES string of the molecule is COc1ccc2ccccc2c1[C@@H]1CCCCN1. The zero-order valence-corrected chi connectivity index (χ0v) is 10.8. The maximum atomic E-state index is 5.57. The molecule has 1 fully saturated rings. The molecule has 1 atom stereocenters. The Balaban J connectivity index is 2.16. The van der Waals surface area contributed by atoms with Gasteiger partial charge in [0.05, 0.1) is 7.11 Å². The molecule has 1 N–H and O–H groups in total. The number of nitrogens with one attached hydrogen (secondary N) is 1. The lowest BCUT2D eigenvalue weighted by molar-refractivity contribution is 0.376. The van der Waals surface area contributed by atoms with Gasteiger partial charge in [-0.25, -0.2) is 0 Å². The van der Waals surface area contributed by atoms with Crippen molar-refractivity contribution in [2.24, 2.45) is 0 Å². The third-order valence-electron chi connectivity index (χ3n) is 3.81. The molecule has 0 amide bonds. The van der Waals surface area contributed by atoms with Crippen LogP contribution in [-0.4, -0.2) is 13.7 Å². The van der Waals surface area contributed by atoms with Crippen LogP contribution in [0, 0.1) is 0 Å². The second kappa shape index (κ2) is 4.99. The van der Waals surface area contributed by atoms with Crippen molar-refractivity contribution < 1.29 is 4.74 Å². The third kappa shape index (κ3) is 1.97. The number of hydrogen-bond donors (Lipinski definition) is 1. The fraction of sp³-hybridized carbons (Fsp3) is 0.375. The minimum absolute atomic E-state index is 0.430. The van der Waals surface area contributed by atoms with Crippen LogP contribution < -0.4 is 10.1 Å². The van der Waals surface area contributed by atoms with Crippen LogP contribution in [0.5, 0.6) is 5.75 Å². The molecule has 0 aromatic heterocycles. The Morgan fingerprint density at radius 2 is 2.00 bits per heavy atom. The van der Waals surface area contributed by atoms with Gasteiger partial charge in [-0.05, 0) is 36.2 Å². The average Bonchev–Trinajstić information content (AvgIpc) is 2.47. The zero-order valence-electron chi connectivity index (χ0n) is 10.8. The molecule has 1 saturated heterocycles. The summed E-state index contributed by atoms with van der Waals surface area (Å²) >= 11 is 0. The van der Waals surface area contributed by atoms with Gasteiger partial charge in [0, 0.05) is 11.6 Å². The van der Waals surface area contributed by atoms with Gasteiger partial charge < -0.3 is 10.1 Å². The van der Waals surface area contributed by atoms with Crippen LogP contribution >= 0.6 is 0 Å². The fourth-order valence-corrected chi connectivity index (χ4v) is 2.91. The van der Waals surface area contributed by atoms with Crippen LogP contribution in [0.3, 0.4) is 0 Å². The van der Waals surface area contributed by atoms with Crippen molar-refractivity contribution in [3.63, 3.8) is 0 Å². The van der Waals surface area contributed by atoms with Crippen molar-refractivity contribution in [3.8, 4) is 5.75 Å². The molecule has 2 aromatic rings. The van der Waals surface area contributed by atoms with Gasteiger partial charge in [-0.3, -0.25) is 0 Å². The van der Waals surface area contributed by atoms with Crippen LogP contribution in [-0.2, 0) is 0 Å². The van der Waals surface area contributed by atoms with Crippen molar-refractivity contribution in [1.29, 1.82) is 0 Å².